The Morgan fingerprint density at radius 3 is 2.31 bits per heavy atom. The molecule has 0 amide bonds. The molecule has 2 N–H and O–H groups in total. The SMILES string of the molecule is CC1(C)CN([C@H]2C[C@@]3(C)[C@@H](CC[C@@H]4[C@@H]3CC[C@]3(C)[C@@H](C#N)CC[C@@H]43)C[C@@H]2O)CCO1.CS(=O)(=O)O. The van der Waals surface area contributed by atoms with E-state index in [1.807, 2.05) is 0 Å². The second-order valence-corrected chi connectivity index (χ2v) is 14.8. The Balaban J connectivity index is 0.000000527. The number of aliphatic hydroxyl groups is 1. The summed E-state index contributed by atoms with van der Waals surface area (Å²) in [6, 6.07) is 2.95. The lowest BCUT2D eigenvalue weighted by molar-refractivity contribution is -0.167. The minimum absolute atomic E-state index is 0.117. The summed E-state index contributed by atoms with van der Waals surface area (Å²) in [5.74, 6) is 3.24. The highest BCUT2D eigenvalue weighted by Gasteiger charge is 2.61. The third kappa shape index (κ3) is 5.31. The molecule has 8 heteroatoms. The lowest BCUT2D eigenvalue weighted by atomic mass is 9.44. The van der Waals surface area contributed by atoms with Crippen molar-refractivity contribution in [1.29, 1.82) is 5.26 Å². The fourth-order valence-electron chi connectivity index (χ4n) is 9.20. The maximum absolute atomic E-state index is 11.2. The van der Waals surface area contributed by atoms with E-state index in [1.165, 1.54) is 32.1 Å². The van der Waals surface area contributed by atoms with Gasteiger partial charge >= 0.3 is 0 Å². The normalized spacial score (nSPS) is 47.3. The Bertz CT molecular complexity index is 924. The molecule has 1 saturated heterocycles. The molecule has 4 saturated carbocycles. The fraction of sp³-hybridized carbons (Fsp3) is 0.963. The van der Waals surface area contributed by atoms with Gasteiger partial charge in [-0.3, -0.25) is 9.45 Å². The first kappa shape index (κ1) is 27.3. The largest absolute Gasteiger partial charge is 0.391 e. The van der Waals surface area contributed by atoms with Gasteiger partial charge in [-0.05, 0) is 99.7 Å². The zero-order valence-electron chi connectivity index (χ0n) is 22.2. The van der Waals surface area contributed by atoms with Crippen molar-refractivity contribution in [3.8, 4) is 6.07 Å². The number of morpholine rings is 1. The Kier molecular flexibility index (Phi) is 7.45. The zero-order valence-corrected chi connectivity index (χ0v) is 23.1. The fourth-order valence-corrected chi connectivity index (χ4v) is 9.20. The topological polar surface area (TPSA) is 111 Å². The summed E-state index contributed by atoms with van der Waals surface area (Å²) in [7, 11) is -3.67. The summed E-state index contributed by atoms with van der Waals surface area (Å²) >= 11 is 0. The number of nitrogens with zero attached hydrogens (tertiary/aromatic N) is 2. The van der Waals surface area contributed by atoms with Gasteiger partial charge in [-0.25, -0.2) is 0 Å². The van der Waals surface area contributed by atoms with Crippen molar-refractivity contribution < 1.29 is 22.8 Å². The van der Waals surface area contributed by atoms with Crippen LogP contribution in [0.2, 0.25) is 0 Å². The molecule has 7 nitrogen and oxygen atoms in total. The molecule has 5 fully saturated rings. The molecule has 200 valence electrons. The van der Waals surface area contributed by atoms with Crippen molar-refractivity contribution in [2.75, 3.05) is 26.0 Å². The summed E-state index contributed by atoms with van der Waals surface area (Å²) in [4.78, 5) is 2.55. The van der Waals surface area contributed by atoms with E-state index in [9.17, 15) is 18.8 Å². The number of fused-ring (bicyclic) bond motifs is 5. The Labute approximate surface area is 212 Å². The lowest BCUT2D eigenvalue weighted by Gasteiger charge is -2.62. The number of rotatable bonds is 1. The number of ether oxygens (including phenoxy) is 1. The van der Waals surface area contributed by atoms with Gasteiger partial charge in [0, 0.05) is 19.1 Å². The van der Waals surface area contributed by atoms with Gasteiger partial charge in [-0.1, -0.05) is 13.8 Å². The summed E-state index contributed by atoms with van der Waals surface area (Å²) in [5, 5.41) is 20.9. The molecular weight excluding hydrogens is 464 g/mol. The highest BCUT2D eigenvalue weighted by atomic mass is 32.2. The van der Waals surface area contributed by atoms with Crippen LogP contribution in [0, 0.1) is 51.8 Å². The van der Waals surface area contributed by atoms with E-state index in [2.05, 4.69) is 38.7 Å². The second kappa shape index (κ2) is 9.54. The number of aliphatic hydroxyl groups excluding tert-OH is 1. The van der Waals surface area contributed by atoms with Crippen molar-refractivity contribution in [2.45, 2.75) is 96.8 Å². The average molecular weight is 511 g/mol. The number of nitriles is 1. The van der Waals surface area contributed by atoms with Gasteiger partial charge in [0.05, 0.1) is 36.6 Å². The Hall–Kier alpha value is -0.720. The van der Waals surface area contributed by atoms with E-state index in [4.69, 9.17) is 9.29 Å². The van der Waals surface area contributed by atoms with Gasteiger partial charge in [0.1, 0.15) is 0 Å². The molecule has 1 aliphatic heterocycles. The summed E-state index contributed by atoms with van der Waals surface area (Å²) in [6.45, 7) is 12.0. The predicted molar refractivity (Wildman–Crippen MR) is 135 cm³/mol. The highest BCUT2D eigenvalue weighted by molar-refractivity contribution is 7.85. The van der Waals surface area contributed by atoms with Crippen LogP contribution in [-0.2, 0) is 14.9 Å². The van der Waals surface area contributed by atoms with Crippen molar-refractivity contribution >= 4 is 10.1 Å². The molecule has 0 bridgehead atoms. The van der Waals surface area contributed by atoms with E-state index in [0.29, 0.717) is 17.6 Å². The third-order valence-electron chi connectivity index (χ3n) is 10.8. The first-order chi connectivity index (χ1) is 16.2. The maximum Gasteiger partial charge on any atom is 0.261 e. The van der Waals surface area contributed by atoms with Crippen LogP contribution in [0.3, 0.4) is 0 Å². The van der Waals surface area contributed by atoms with Crippen molar-refractivity contribution in [3.05, 3.63) is 0 Å². The van der Waals surface area contributed by atoms with Crippen LogP contribution >= 0.6 is 0 Å². The average Bonchev–Trinajstić information content (AvgIpc) is 3.08. The maximum atomic E-state index is 11.2. The lowest BCUT2D eigenvalue weighted by Crippen LogP contribution is -2.62. The second-order valence-electron chi connectivity index (χ2n) is 13.3. The molecule has 5 aliphatic rings. The van der Waals surface area contributed by atoms with Crippen LogP contribution < -0.4 is 0 Å². The molecule has 0 radical (unpaired) electrons. The van der Waals surface area contributed by atoms with E-state index in [0.717, 1.165) is 56.7 Å². The van der Waals surface area contributed by atoms with Gasteiger partial charge in [-0.2, -0.15) is 13.7 Å². The summed E-state index contributed by atoms with van der Waals surface area (Å²) in [6.07, 6.45) is 10.1. The Morgan fingerprint density at radius 2 is 1.69 bits per heavy atom. The van der Waals surface area contributed by atoms with Gasteiger partial charge in [0.2, 0.25) is 0 Å². The molecule has 9 atom stereocenters. The van der Waals surface area contributed by atoms with Gasteiger partial charge in [0.15, 0.2) is 0 Å². The first-order valence-electron chi connectivity index (χ1n) is 13.6. The molecule has 35 heavy (non-hydrogen) atoms. The van der Waals surface area contributed by atoms with E-state index < -0.39 is 10.1 Å². The van der Waals surface area contributed by atoms with Crippen LogP contribution in [0.15, 0.2) is 0 Å². The van der Waals surface area contributed by atoms with Crippen molar-refractivity contribution in [2.24, 2.45) is 40.4 Å². The van der Waals surface area contributed by atoms with Crippen LogP contribution in [0.4, 0.5) is 0 Å². The number of hydrogen-bond donors (Lipinski definition) is 2. The molecule has 4 aliphatic carbocycles. The minimum atomic E-state index is -3.67. The van der Waals surface area contributed by atoms with Crippen LogP contribution in [0.5, 0.6) is 0 Å². The molecular formula is C27H46N2O5S. The number of hydrogen-bond acceptors (Lipinski definition) is 6. The molecule has 1 heterocycles. The Morgan fingerprint density at radius 1 is 1.03 bits per heavy atom. The van der Waals surface area contributed by atoms with Gasteiger partial charge in [0.25, 0.3) is 10.1 Å². The van der Waals surface area contributed by atoms with Crippen LogP contribution in [-0.4, -0.2) is 66.7 Å². The molecule has 0 aromatic carbocycles. The summed E-state index contributed by atoms with van der Waals surface area (Å²) in [5.41, 5.74) is 0.468. The molecule has 0 spiro atoms. The first-order valence-corrected chi connectivity index (χ1v) is 15.4. The zero-order chi connectivity index (χ0) is 25.8. The molecule has 0 aromatic heterocycles. The van der Waals surface area contributed by atoms with Crippen molar-refractivity contribution in [3.63, 3.8) is 0 Å². The quantitative estimate of drug-likeness (QED) is 0.510. The van der Waals surface area contributed by atoms with Crippen LogP contribution in [0.25, 0.3) is 0 Å². The van der Waals surface area contributed by atoms with Crippen LogP contribution in [0.1, 0.15) is 79.1 Å². The third-order valence-corrected chi connectivity index (χ3v) is 10.8. The standard InChI is InChI=1S/C26H42N2O2.CH4O3S/c1-24(2)16-28(11-12-30-24)22-14-26(4)17(13-23(22)29)5-7-19-20-8-6-18(15-27)25(20,3)10-9-21(19)26;1-5(2,3)4/h17-23,29H,5-14,16H2,1-4H3;1H3,(H,2,3,4)/t17-,18+,19-,20-,21-,22-,23-,25+,26-;/m0./s1. The monoisotopic (exact) mass is 510 g/mol. The van der Waals surface area contributed by atoms with E-state index in [1.54, 1.807) is 0 Å². The summed E-state index contributed by atoms with van der Waals surface area (Å²) < 4.78 is 31.8. The van der Waals surface area contributed by atoms with E-state index >= 15 is 0 Å². The van der Waals surface area contributed by atoms with Gasteiger partial charge in [-0.15, -0.1) is 0 Å². The molecule has 0 aromatic rings. The highest BCUT2D eigenvalue weighted by Crippen LogP contribution is 2.67. The van der Waals surface area contributed by atoms with Crippen molar-refractivity contribution in [1.82, 2.24) is 4.90 Å². The van der Waals surface area contributed by atoms with Gasteiger partial charge < -0.3 is 9.84 Å². The smallest absolute Gasteiger partial charge is 0.261 e. The molecule has 5 rings (SSSR count). The van der Waals surface area contributed by atoms with E-state index in [-0.39, 0.29) is 29.1 Å². The molecule has 0 unspecified atom stereocenters. The predicted octanol–water partition coefficient (Wildman–Crippen LogP) is 4.12. The minimum Gasteiger partial charge on any atom is -0.391 e.